The van der Waals surface area contributed by atoms with Crippen molar-refractivity contribution in [3.63, 3.8) is 0 Å². The van der Waals surface area contributed by atoms with Gasteiger partial charge in [-0.1, -0.05) is 6.92 Å². The Morgan fingerprint density at radius 3 is 2.63 bits per heavy atom. The van der Waals surface area contributed by atoms with Gasteiger partial charge in [-0.2, -0.15) is 5.10 Å². The number of nitrogens with one attached hydrogen (secondary N) is 2. The molecule has 0 radical (unpaired) electrons. The summed E-state index contributed by atoms with van der Waals surface area (Å²) in [6, 6.07) is 6.12. The molecule has 2 aromatic heterocycles. The summed E-state index contributed by atoms with van der Waals surface area (Å²) in [6.07, 6.45) is 2.57. The quantitative estimate of drug-likeness (QED) is 0.726. The Morgan fingerprint density at radius 2 is 2.00 bits per heavy atom. The first kappa shape index (κ1) is 18.9. The molecular weight excluding hydrogens is 340 g/mol. The van der Waals surface area contributed by atoms with Crippen LogP contribution in [0, 0.1) is 13.8 Å². The molecule has 27 heavy (non-hydrogen) atoms. The zero-order valence-corrected chi connectivity index (χ0v) is 16.5. The van der Waals surface area contributed by atoms with Crippen molar-refractivity contribution in [3.05, 3.63) is 62.7 Å². The van der Waals surface area contributed by atoms with Gasteiger partial charge in [-0.3, -0.25) is 14.3 Å². The lowest BCUT2D eigenvalue weighted by Gasteiger charge is -2.12. The van der Waals surface area contributed by atoms with Crippen molar-refractivity contribution in [3.8, 4) is 0 Å². The summed E-state index contributed by atoms with van der Waals surface area (Å²) in [6.45, 7) is 10.1. The topological polar surface area (TPSA) is 79.8 Å². The van der Waals surface area contributed by atoms with Gasteiger partial charge in [-0.25, -0.2) is 0 Å². The number of amides is 1. The van der Waals surface area contributed by atoms with Crippen LogP contribution < -0.4 is 10.9 Å². The zero-order valence-electron chi connectivity index (χ0n) is 16.5. The number of fused-ring (bicyclic) bond motifs is 1. The van der Waals surface area contributed by atoms with Gasteiger partial charge in [0.2, 0.25) is 0 Å². The highest BCUT2D eigenvalue weighted by Gasteiger charge is 2.17. The number of pyridine rings is 1. The Kier molecular flexibility index (Phi) is 5.17. The third kappa shape index (κ3) is 3.65. The molecule has 2 N–H and O–H groups in total. The molecule has 0 bridgehead atoms. The molecule has 0 aliphatic heterocycles. The minimum absolute atomic E-state index is 0.159. The van der Waals surface area contributed by atoms with E-state index in [2.05, 4.69) is 42.2 Å². The van der Waals surface area contributed by atoms with Crippen LogP contribution in [0.4, 0.5) is 0 Å². The summed E-state index contributed by atoms with van der Waals surface area (Å²) >= 11 is 0. The number of nitrogens with zero attached hydrogens (tertiary/aromatic N) is 2. The van der Waals surface area contributed by atoms with Gasteiger partial charge < -0.3 is 10.3 Å². The Balaban J connectivity index is 1.95. The molecule has 0 unspecified atom stereocenters. The van der Waals surface area contributed by atoms with Gasteiger partial charge in [0.05, 0.1) is 17.3 Å². The van der Waals surface area contributed by atoms with E-state index in [0.717, 1.165) is 34.1 Å². The van der Waals surface area contributed by atoms with Crippen LogP contribution in [0.15, 0.2) is 29.2 Å². The molecule has 0 saturated heterocycles. The molecule has 3 rings (SSSR count). The molecule has 0 spiro atoms. The normalized spacial score (nSPS) is 11.3. The number of aromatic nitrogens is 3. The van der Waals surface area contributed by atoms with Crippen molar-refractivity contribution in [1.82, 2.24) is 20.1 Å². The monoisotopic (exact) mass is 366 g/mol. The van der Waals surface area contributed by atoms with Gasteiger partial charge >= 0.3 is 0 Å². The van der Waals surface area contributed by atoms with Crippen LogP contribution in [0.25, 0.3) is 10.9 Å². The summed E-state index contributed by atoms with van der Waals surface area (Å²) < 4.78 is 1.93. The highest BCUT2D eigenvalue weighted by Crippen LogP contribution is 2.24. The number of aromatic amines is 1. The first-order valence-corrected chi connectivity index (χ1v) is 9.29. The molecular formula is C21H26N4O2. The molecule has 6 heteroatoms. The average Bonchev–Trinajstić information content (AvgIpc) is 3.03. The molecule has 2 heterocycles. The van der Waals surface area contributed by atoms with Crippen molar-refractivity contribution >= 4 is 16.8 Å². The summed E-state index contributed by atoms with van der Waals surface area (Å²) in [4.78, 5) is 27.9. The predicted molar refractivity (Wildman–Crippen MR) is 107 cm³/mol. The Labute approximate surface area is 158 Å². The van der Waals surface area contributed by atoms with E-state index < -0.39 is 0 Å². The molecule has 1 amide bonds. The van der Waals surface area contributed by atoms with E-state index in [9.17, 15) is 9.59 Å². The van der Waals surface area contributed by atoms with Gasteiger partial charge in [-0.05, 0) is 63.4 Å². The van der Waals surface area contributed by atoms with Crippen molar-refractivity contribution in [1.29, 1.82) is 0 Å². The molecule has 3 aromatic rings. The molecule has 0 fully saturated rings. The highest BCUT2D eigenvalue weighted by atomic mass is 16.1. The van der Waals surface area contributed by atoms with Gasteiger partial charge in [0.25, 0.3) is 11.5 Å². The van der Waals surface area contributed by atoms with Crippen molar-refractivity contribution in [2.75, 3.05) is 0 Å². The Hall–Kier alpha value is -2.89. The maximum Gasteiger partial charge on any atom is 0.253 e. The van der Waals surface area contributed by atoms with Gasteiger partial charge in [0.15, 0.2) is 0 Å². The van der Waals surface area contributed by atoms with Crippen molar-refractivity contribution in [2.24, 2.45) is 0 Å². The lowest BCUT2D eigenvalue weighted by atomic mass is 10.0. The third-order valence-electron chi connectivity index (χ3n) is 4.84. The Bertz CT molecular complexity index is 1060. The molecule has 0 aliphatic carbocycles. The van der Waals surface area contributed by atoms with E-state index >= 15 is 0 Å². The smallest absolute Gasteiger partial charge is 0.253 e. The van der Waals surface area contributed by atoms with Crippen molar-refractivity contribution in [2.45, 2.75) is 53.6 Å². The molecule has 142 valence electrons. The van der Waals surface area contributed by atoms with Gasteiger partial charge in [-0.15, -0.1) is 0 Å². The fourth-order valence-corrected chi connectivity index (χ4v) is 3.37. The third-order valence-corrected chi connectivity index (χ3v) is 4.84. The number of carbonyl (C=O) groups is 1. The lowest BCUT2D eigenvalue weighted by molar-refractivity contribution is 0.0952. The second-order valence-electron chi connectivity index (χ2n) is 7.24. The summed E-state index contributed by atoms with van der Waals surface area (Å²) in [5.41, 5.74) is 4.74. The van der Waals surface area contributed by atoms with E-state index in [1.54, 1.807) is 6.20 Å². The number of hydrogen-bond donors (Lipinski definition) is 2. The highest BCUT2D eigenvalue weighted by molar-refractivity contribution is 6.06. The van der Waals surface area contributed by atoms with Crippen LogP contribution in [-0.4, -0.2) is 20.7 Å². The van der Waals surface area contributed by atoms with E-state index in [-0.39, 0.29) is 24.1 Å². The number of H-pyrrole nitrogens is 1. The van der Waals surface area contributed by atoms with Crippen LogP contribution in [0.2, 0.25) is 0 Å². The maximum absolute atomic E-state index is 12.9. The molecule has 0 aliphatic rings. The van der Waals surface area contributed by atoms with E-state index in [1.165, 1.54) is 0 Å². The van der Waals surface area contributed by atoms with E-state index in [1.807, 2.05) is 30.7 Å². The minimum atomic E-state index is -0.196. The van der Waals surface area contributed by atoms with Crippen molar-refractivity contribution < 1.29 is 4.79 Å². The standard InChI is InChI=1S/C21H26N4O2/c1-6-15-8-16(18-11-23-25(12(2)3)19(18)9-15)20(26)22-10-17-13(4)7-14(5)24-21(17)27/h7-9,11-12H,6,10H2,1-5H3,(H,22,26)(H,24,27). The summed E-state index contributed by atoms with van der Waals surface area (Å²) in [5.74, 6) is -0.196. The summed E-state index contributed by atoms with van der Waals surface area (Å²) in [5, 5.41) is 8.18. The van der Waals surface area contributed by atoms with E-state index in [0.29, 0.717) is 11.1 Å². The maximum atomic E-state index is 12.9. The van der Waals surface area contributed by atoms with E-state index in [4.69, 9.17) is 0 Å². The van der Waals surface area contributed by atoms with Crippen LogP contribution >= 0.6 is 0 Å². The SMILES string of the molecule is CCc1cc(C(=O)NCc2c(C)cc(C)[nH]c2=O)c2cnn(C(C)C)c2c1. The molecule has 0 atom stereocenters. The first-order chi connectivity index (χ1) is 12.8. The number of rotatable bonds is 5. The van der Waals surface area contributed by atoms with Crippen LogP contribution in [0.3, 0.4) is 0 Å². The zero-order chi connectivity index (χ0) is 19.7. The number of aryl methyl sites for hydroxylation is 3. The fourth-order valence-electron chi connectivity index (χ4n) is 3.37. The minimum Gasteiger partial charge on any atom is -0.348 e. The summed E-state index contributed by atoms with van der Waals surface area (Å²) in [7, 11) is 0. The first-order valence-electron chi connectivity index (χ1n) is 9.29. The largest absolute Gasteiger partial charge is 0.348 e. The van der Waals surface area contributed by atoms with Gasteiger partial charge in [0.1, 0.15) is 0 Å². The Morgan fingerprint density at radius 1 is 1.26 bits per heavy atom. The second-order valence-corrected chi connectivity index (χ2v) is 7.24. The van der Waals surface area contributed by atoms with Crippen LogP contribution in [0.5, 0.6) is 0 Å². The van der Waals surface area contributed by atoms with Gasteiger partial charge in [0, 0.05) is 29.2 Å². The molecule has 6 nitrogen and oxygen atoms in total. The average molecular weight is 366 g/mol. The predicted octanol–water partition coefficient (Wildman–Crippen LogP) is 3.41. The number of carbonyl (C=O) groups excluding carboxylic acids is 1. The fraction of sp³-hybridized carbons (Fsp3) is 0.381. The van der Waals surface area contributed by atoms with Crippen LogP contribution in [0.1, 0.15) is 59.6 Å². The lowest BCUT2D eigenvalue weighted by Crippen LogP contribution is -2.28. The number of benzene rings is 1. The number of hydrogen-bond acceptors (Lipinski definition) is 3. The van der Waals surface area contributed by atoms with Crippen LogP contribution in [-0.2, 0) is 13.0 Å². The molecule has 1 aromatic carbocycles. The molecule has 0 saturated carbocycles. The second kappa shape index (κ2) is 7.39.